The Morgan fingerprint density at radius 2 is 1.23 bits per heavy atom. The molecule has 4 rings (SSSR count). The van der Waals surface area contributed by atoms with Crippen LogP contribution in [0.4, 0.5) is 0 Å². The molecule has 0 bridgehead atoms. The van der Waals surface area contributed by atoms with Gasteiger partial charge < -0.3 is 19.7 Å². The molecule has 40 heavy (non-hydrogen) atoms. The van der Waals surface area contributed by atoms with E-state index in [4.69, 9.17) is 9.47 Å². The monoisotopic (exact) mass is 576 g/mol. The third kappa shape index (κ3) is 5.20. The first-order valence-corrected chi connectivity index (χ1v) is 20.5. The van der Waals surface area contributed by atoms with Crippen molar-refractivity contribution in [2.75, 3.05) is 13.2 Å². The van der Waals surface area contributed by atoms with Gasteiger partial charge in [-0.1, -0.05) is 128 Å². The lowest BCUT2D eigenvalue weighted by Gasteiger charge is -2.46. The van der Waals surface area contributed by atoms with Gasteiger partial charge in [-0.05, 0) is 31.6 Å². The Kier molecular flexibility index (Phi) is 8.24. The van der Waals surface area contributed by atoms with Gasteiger partial charge in [0, 0.05) is 11.1 Å². The van der Waals surface area contributed by atoms with E-state index >= 15 is 0 Å². The highest BCUT2D eigenvalue weighted by Gasteiger charge is 2.50. The van der Waals surface area contributed by atoms with Gasteiger partial charge in [0.1, 0.15) is 6.10 Å². The van der Waals surface area contributed by atoms with E-state index in [1.54, 1.807) is 0 Å². The molecule has 0 aliphatic heterocycles. The maximum Gasteiger partial charge on any atom is 0.168 e. The second-order valence-electron chi connectivity index (χ2n) is 14.4. The lowest BCUT2D eigenvalue weighted by molar-refractivity contribution is 0.000865. The molecule has 0 radical (unpaired) electrons. The highest BCUT2D eigenvalue weighted by molar-refractivity contribution is 7.03. The summed E-state index contributed by atoms with van der Waals surface area (Å²) in [6.45, 7) is 25.0. The second-order valence-corrected chi connectivity index (χ2v) is 24.9. The molecule has 3 aromatic rings. The summed E-state index contributed by atoms with van der Waals surface area (Å²) in [7, 11) is -4.33. The van der Waals surface area contributed by atoms with Gasteiger partial charge in [0.15, 0.2) is 11.5 Å². The van der Waals surface area contributed by atoms with Gasteiger partial charge in [-0.3, -0.25) is 0 Å². The first-order chi connectivity index (χ1) is 18.5. The topological polar surface area (TPSA) is 58.9 Å². The van der Waals surface area contributed by atoms with E-state index in [1.165, 1.54) is 15.8 Å². The molecule has 1 atom stereocenters. The van der Waals surface area contributed by atoms with Crippen LogP contribution in [-0.4, -0.2) is 39.6 Å². The lowest BCUT2D eigenvalue weighted by Crippen LogP contribution is -2.65. The maximum absolute atomic E-state index is 11.7. The number of ether oxygens (including phenoxy) is 2. The van der Waals surface area contributed by atoms with Gasteiger partial charge in [-0.25, -0.2) is 0 Å². The van der Waals surface area contributed by atoms with Crippen molar-refractivity contribution in [1.82, 2.24) is 0 Å². The first-order valence-electron chi connectivity index (χ1n) is 14.5. The third-order valence-corrected chi connectivity index (χ3v) is 21.1. The van der Waals surface area contributed by atoms with Crippen molar-refractivity contribution in [3.8, 4) is 0 Å². The Morgan fingerprint density at radius 3 is 1.80 bits per heavy atom. The highest BCUT2D eigenvalue weighted by Crippen LogP contribution is 2.48. The molecule has 2 N–H and O–H groups in total. The number of hydrogen-bond donors (Lipinski definition) is 2. The Hall–Kier alpha value is -2.39. The molecule has 6 heteroatoms. The molecular weight excluding hydrogens is 529 g/mol. The summed E-state index contributed by atoms with van der Waals surface area (Å²) in [5.41, 5.74) is 2.83. The molecule has 1 aliphatic carbocycles. The van der Waals surface area contributed by atoms with Gasteiger partial charge >= 0.3 is 0 Å². The van der Waals surface area contributed by atoms with Crippen LogP contribution in [0.1, 0.15) is 64.3 Å². The quantitative estimate of drug-likeness (QED) is 0.209. The van der Waals surface area contributed by atoms with Gasteiger partial charge in [0.25, 0.3) is 0 Å². The van der Waals surface area contributed by atoms with Gasteiger partial charge in [0.2, 0.25) is 0 Å². The summed E-state index contributed by atoms with van der Waals surface area (Å²) in [4.78, 5) is 0. The average molecular weight is 577 g/mol. The van der Waals surface area contributed by atoms with Crippen molar-refractivity contribution in [2.45, 2.75) is 90.5 Å². The molecule has 216 valence electrons. The van der Waals surface area contributed by atoms with E-state index < -0.39 is 22.3 Å². The minimum absolute atomic E-state index is 0.0178. The molecule has 0 aromatic heterocycles. The predicted octanol–water partition coefficient (Wildman–Crippen LogP) is 8.34. The van der Waals surface area contributed by atoms with Crippen molar-refractivity contribution in [1.29, 1.82) is 0 Å². The van der Waals surface area contributed by atoms with E-state index in [1.807, 2.05) is 30.3 Å². The number of hydrogen-bond acceptors (Lipinski definition) is 4. The van der Waals surface area contributed by atoms with Gasteiger partial charge in [-0.2, -0.15) is 0 Å². The van der Waals surface area contributed by atoms with E-state index in [0.29, 0.717) is 19.8 Å². The van der Waals surface area contributed by atoms with Crippen LogP contribution in [0.15, 0.2) is 60.4 Å². The van der Waals surface area contributed by atoms with Crippen LogP contribution in [0.2, 0.25) is 36.3 Å². The number of aliphatic hydroxyl groups is 2. The molecule has 0 heterocycles. The molecule has 0 saturated heterocycles. The second kappa shape index (κ2) is 10.8. The number of rotatable bonds is 8. The first kappa shape index (κ1) is 30.6. The molecule has 0 amide bonds. The Morgan fingerprint density at radius 1 is 0.700 bits per heavy atom. The number of aliphatic hydroxyl groups excluding tert-OH is 2. The molecule has 0 spiro atoms. The van der Waals surface area contributed by atoms with E-state index in [-0.39, 0.29) is 21.6 Å². The zero-order valence-corrected chi connectivity index (χ0v) is 28.1. The maximum atomic E-state index is 11.7. The number of benzene rings is 3. The Balaban J connectivity index is 1.88. The molecule has 1 unspecified atom stereocenters. The summed E-state index contributed by atoms with van der Waals surface area (Å²) < 4.78 is 12.2. The van der Waals surface area contributed by atoms with Crippen molar-refractivity contribution >= 4 is 43.1 Å². The van der Waals surface area contributed by atoms with E-state index in [9.17, 15) is 10.2 Å². The van der Waals surface area contributed by atoms with Crippen LogP contribution in [-0.2, 0) is 16.1 Å². The predicted molar refractivity (Wildman–Crippen MR) is 175 cm³/mol. The largest absolute Gasteiger partial charge is 0.506 e. The Labute approximate surface area is 243 Å². The van der Waals surface area contributed by atoms with Crippen molar-refractivity contribution in [3.05, 3.63) is 77.0 Å². The third-order valence-electron chi connectivity index (χ3n) is 9.87. The Bertz CT molecular complexity index is 1410. The molecular formula is C34H48O4Si2. The van der Waals surface area contributed by atoms with Crippen LogP contribution in [0.5, 0.6) is 0 Å². The van der Waals surface area contributed by atoms with Crippen LogP contribution in [0.25, 0.3) is 16.5 Å². The highest BCUT2D eigenvalue weighted by atomic mass is 28.3. The molecule has 1 aliphatic rings. The van der Waals surface area contributed by atoms with Crippen molar-refractivity contribution in [3.63, 3.8) is 0 Å². The van der Waals surface area contributed by atoms with Crippen molar-refractivity contribution < 1.29 is 19.7 Å². The minimum atomic E-state index is -2.22. The van der Waals surface area contributed by atoms with Crippen LogP contribution < -0.4 is 10.4 Å². The zero-order chi connectivity index (χ0) is 29.7. The fourth-order valence-corrected chi connectivity index (χ4v) is 12.2. The molecule has 0 saturated carbocycles. The molecule has 3 aromatic carbocycles. The van der Waals surface area contributed by atoms with Crippen LogP contribution in [0.3, 0.4) is 0 Å². The molecule has 0 fully saturated rings. The SMILES string of the molecule is CC(C)(C)[Si](C)(C)c1c2c(c3ccccc3c1[Si](C)(C)C(C)(C)C)C(OCCOCc1ccccc1)C(O)=C2O. The summed E-state index contributed by atoms with van der Waals surface area (Å²) in [5.74, 6) is -0.105. The van der Waals surface area contributed by atoms with Gasteiger partial charge in [-0.15, -0.1) is 0 Å². The van der Waals surface area contributed by atoms with Crippen LogP contribution in [0, 0.1) is 0 Å². The summed E-state index contributed by atoms with van der Waals surface area (Å²) >= 11 is 0. The normalized spacial score (nSPS) is 16.6. The minimum Gasteiger partial charge on any atom is -0.506 e. The molecule has 4 nitrogen and oxygen atoms in total. The lowest BCUT2D eigenvalue weighted by atomic mass is 9.98. The summed E-state index contributed by atoms with van der Waals surface area (Å²) in [6, 6.07) is 18.6. The average Bonchev–Trinajstić information content (AvgIpc) is 3.12. The van der Waals surface area contributed by atoms with Crippen LogP contribution >= 0.6 is 0 Å². The smallest absolute Gasteiger partial charge is 0.168 e. The summed E-state index contributed by atoms with van der Waals surface area (Å²) in [5, 5.41) is 28.2. The fourth-order valence-electron chi connectivity index (χ4n) is 5.55. The van der Waals surface area contributed by atoms with E-state index in [0.717, 1.165) is 22.1 Å². The number of fused-ring (bicyclic) bond motifs is 3. The van der Waals surface area contributed by atoms with Crippen molar-refractivity contribution in [2.24, 2.45) is 0 Å². The van der Waals surface area contributed by atoms with E-state index in [2.05, 4.69) is 92.0 Å². The standard InChI is InChI=1S/C34H48O4Si2/c1-33(2,3)39(7,8)31-25-19-15-14-18-24(25)26-27(32(31)40(9,10)34(4,5)6)28(35)29(36)30(26)38-21-20-37-22-23-16-12-11-13-17-23/h11-19,30,35-36H,20-22H2,1-10H3. The van der Waals surface area contributed by atoms with Gasteiger partial charge in [0.05, 0.1) is 36.0 Å². The summed E-state index contributed by atoms with van der Waals surface area (Å²) in [6.07, 6.45) is -0.725. The fraction of sp³-hybridized carbons (Fsp3) is 0.471. The zero-order valence-electron chi connectivity index (χ0n) is 26.1.